The maximum absolute atomic E-state index is 6.22. The predicted molar refractivity (Wildman–Crippen MR) is 111 cm³/mol. The van der Waals surface area contributed by atoms with Crippen LogP contribution in [0.4, 0.5) is 0 Å². The molecule has 0 spiro atoms. The fraction of sp³-hybridized carbons (Fsp3) is 0.667. The molecular weight excluding hydrogens is 304 g/mol. The predicted octanol–water partition coefficient (Wildman–Crippen LogP) is 7.85. The zero-order chi connectivity index (χ0) is 18.0. The Balaban J connectivity index is 2.26. The van der Waals surface area contributed by atoms with Crippen LogP contribution in [-0.4, -0.2) is 6.10 Å². The molecule has 1 heteroatoms. The molecule has 1 nitrogen and oxygen atoms in total. The summed E-state index contributed by atoms with van der Waals surface area (Å²) < 4.78 is 6.22. The molecule has 1 rings (SSSR count). The van der Waals surface area contributed by atoms with Crippen LogP contribution in [-0.2, 0) is 11.3 Å². The molecule has 0 heterocycles. The van der Waals surface area contributed by atoms with Gasteiger partial charge in [-0.2, -0.15) is 0 Å². The third-order valence-electron chi connectivity index (χ3n) is 4.75. The summed E-state index contributed by atoms with van der Waals surface area (Å²) in [5, 5.41) is 0. The second-order valence-corrected chi connectivity index (χ2v) is 7.18. The van der Waals surface area contributed by atoms with E-state index in [2.05, 4.69) is 56.3 Å². The molecule has 0 amide bonds. The van der Waals surface area contributed by atoms with Gasteiger partial charge >= 0.3 is 0 Å². The van der Waals surface area contributed by atoms with Gasteiger partial charge in [-0.3, -0.25) is 0 Å². The zero-order valence-corrected chi connectivity index (χ0v) is 16.7. The van der Waals surface area contributed by atoms with Gasteiger partial charge in [-0.05, 0) is 31.2 Å². The normalized spacial score (nSPS) is 12.7. The highest BCUT2D eigenvalue weighted by molar-refractivity contribution is 5.13. The van der Waals surface area contributed by atoms with Crippen molar-refractivity contribution in [1.29, 1.82) is 0 Å². The summed E-state index contributed by atoms with van der Waals surface area (Å²) in [6.45, 7) is 5.28. The average molecular weight is 345 g/mol. The maximum Gasteiger partial charge on any atom is 0.0720 e. The summed E-state index contributed by atoms with van der Waals surface area (Å²) in [7, 11) is 0. The van der Waals surface area contributed by atoms with E-state index < -0.39 is 0 Å². The van der Waals surface area contributed by atoms with Crippen LogP contribution in [0.5, 0.6) is 0 Å². The molecule has 0 saturated carbocycles. The van der Waals surface area contributed by atoms with Crippen molar-refractivity contribution in [3.8, 4) is 0 Å². The Morgan fingerprint density at radius 2 is 1.48 bits per heavy atom. The molecule has 142 valence electrons. The van der Waals surface area contributed by atoms with Gasteiger partial charge < -0.3 is 4.74 Å². The van der Waals surface area contributed by atoms with E-state index in [9.17, 15) is 0 Å². The van der Waals surface area contributed by atoms with Crippen molar-refractivity contribution < 1.29 is 4.74 Å². The lowest BCUT2D eigenvalue weighted by atomic mass is 10.1. The summed E-state index contributed by atoms with van der Waals surface area (Å²) in [6, 6.07) is 10.6. The van der Waals surface area contributed by atoms with Gasteiger partial charge in [0.1, 0.15) is 0 Å². The van der Waals surface area contributed by atoms with E-state index in [1.807, 2.05) is 0 Å². The molecule has 0 fully saturated rings. The molecule has 1 atom stereocenters. The van der Waals surface area contributed by atoms with E-state index in [0.717, 1.165) is 13.0 Å². The Kier molecular flexibility index (Phi) is 14.4. The Labute approximate surface area is 156 Å². The lowest BCUT2D eigenvalue weighted by Gasteiger charge is -2.16. The Hall–Kier alpha value is -1.08. The molecule has 0 aliphatic rings. The first kappa shape index (κ1) is 22.0. The minimum Gasteiger partial charge on any atom is -0.373 e. The summed E-state index contributed by atoms with van der Waals surface area (Å²) in [6.07, 6.45) is 20.7. The van der Waals surface area contributed by atoms with Gasteiger partial charge in [0.15, 0.2) is 0 Å². The van der Waals surface area contributed by atoms with Gasteiger partial charge in [-0.1, -0.05) is 108 Å². The second-order valence-electron chi connectivity index (χ2n) is 7.18. The van der Waals surface area contributed by atoms with Crippen molar-refractivity contribution >= 4 is 0 Å². The van der Waals surface area contributed by atoms with Crippen molar-refractivity contribution in [3.63, 3.8) is 0 Å². The van der Waals surface area contributed by atoms with Crippen LogP contribution in [0.25, 0.3) is 0 Å². The van der Waals surface area contributed by atoms with Crippen LogP contribution < -0.4 is 0 Å². The van der Waals surface area contributed by atoms with Crippen LogP contribution in [0.1, 0.15) is 96.5 Å². The van der Waals surface area contributed by atoms with Gasteiger partial charge in [0.25, 0.3) is 0 Å². The zero-order valence-electron chi connectivity index (χ0n) is 16.7. The summed E-state index contributed by atoms with van der Waals surface area (Å²) in [5.74, 6) is 0. The van der Waals surface area contributed by atoms with E-state index in [4.69, 9.17) is 4.74 Å². The molecule has 0 N–H and O–H groups in total. The van der Waals surface area contributed by atoms with Crippen LogP contribution >= 0.6 is 0 Å². The van der Waals surface area contributed by atoms with Crippen LogP contribution in [0, 0.1) is 0 Å². The van der Waals surface area contributed by atoms with Gasteiger partial charge in [0, 0.05) is 0 Å². The van der Waals surface area contributed by atoms with Gasteiger partial charge in [0.05, 0.1) is 12.7 Å². The molecule has 0 radical (unpaired) electrons. The van der Waals surface area contributed by atoms with Gasteiger partial charge in [0.2, 0.25) is 0 Å². The Morgan fingerprint density at radius 1 is 0.800 bits per heavy atom. The molecule has 25 heavy (non-hydrogen) atoms. The van der Waals surface area contributed by atoms with Crippen molar-refractivity contribution in [3.05, 3.63) is 48.0 Å². The minimum absolute atomic E-state index is 0.369. The highest BCUT2D eigenvalue weighted by Crippen LogP contribution is 2.15. The standard InChI is InChI=1S/C24H40O/c1-3-5-7-9-10-11-12-17-21-24(20-16-8-6-4-2)25-22-23-18-14-13-15-19-23/h12-15,17-19,24H,3-11,16,20-22H2,1-2H3. The minimum atomic E-state index is 0.369. The lowest BCUT2D eigenvalue weighted by molar-refractivity contribution is 0.0353. The molecular formula is C24H40O. The van der Waals surface area contributed by atoms with Gasteiger partial charge in [-0.15, -0.1) is 0 Å². The number of unbranched alkanes of at least 4 members (excludes halogenated alkanes) is 8. The Morgan fingerprint density at radius 3 is 2.20 bits per heavy atom. The molecule has 1 aromatic carbocycles. The maximum atomic E-state index is 6.22. The number of benzene rings is 1. The molecule has 0 aliphatic heterocycles. The Bertz CT molecular complexity index is 409. The molecule has 1 unspecified atom stereocenters. The molecule has 0 saturated heterocycles. The molecule has 0 aliphatic carbocycles. The fourth-order valence-electron chi connectivity index (χ4n) is 3.09. The monoisotopic (exact) mass is 344 g/mol. The summed E-state index contributed by atoms with van der Waals surface area (Å²) >= 11 is 0. The van der Waals surface area contributed by atoms with E-state index in [0.29, 0.717) is 6.10 Å². The van der Waals surface area contributed by atoms with Gasteiger partial charge in [-0.25, -0.2) is 0 Å². The quantitative estimate of drug-likeness (QED) is 0.219. The first-order valence-electron chi connectivity index (χ1n) is 10.7. The van der Waals surface area contributed by atoms with Crippen molar-refractivity contribution in [1.82, 2.24) is 0 Å². The van der Waals surface area contributed by atoms with Crippen LogP contribution in [0.3, 0.4) is 0 Å². The SMILES string of the molecule is CCCCCCCC=CCC(CCCCCC)OCc1ccccc1. The number of hydrogen-bond acceptors (Lipinski definition) is 1. The first-order chi connectivity index (χ1) is 12.4. The van der Waals surface area contributed by atoms with Crippen molar-refractivity contribution in [2.24, 2.45) is 0 Å². The smallest absolute Gasteiger partial charge is 0.0720 e. The van der Waals surface area contributed by atoms with E-state index in [1.165, 1.54) is 76.2 Å². The summed E-state index contributed by atoms with van der Waals surface area (Å²) in [5.41, 5.74) is 1.28. The van der Waals surface area contributed by atoms with Crippen LogP contribution in [0.15, 0.2) is 42.5 Å². The third kappa shape index (κ3) is 12.9. The largest absolute Gasteiger partial charge is 0.373 e. The van der Waals surface area contributed by atoms with E-state index in [-0.39, 0.29) is 0 Å². The molecule has 1 aromatic rings. The van der Waals surface area contributed by atoms with E-state index >= 15 is 0 Å². The highest BCUT2D eigenvalue weighted by atomic mass is 16.5. The molecule has 0 aromatic heterocycles. The number of allylic oxidation sites excluding steroid dienone is 1. The average Bonchev–Trinajstić information content (AvgIpc) is 2.65. The second kappa shape index (κ2) is 16.4. The number of ether oxygens (including phenoxy) is 1. The molecule has 0 bridgehead atoms. The lowest BCUT2D eigenvalue weighted by Crippen LogP contribution is -2.12. The third-order valence-corrected chi connectivity index (χ3v) is 4.75. The number of hydrogen-bond donors (Lipinski definition) is 0. The van der Waals surface area contributed by atoms with Crippen LogP contribution in [0.2, 0.25) is 0 Å². The van der Waals surface area contributed by atoms with Crippen molar-refractivity contribution in [2.75, 3.05) is 0 Å². The number of rotatable bonds is 16. The van der Waals surface area contributed by atoms with Crippen molar-refractivity contribution in [2.45, 2.75) is 104 Å². The van der Waals surface area contributed by atoms with E-state index in [1.54, 1.807) is 0 Å². The highest BCUT2D eigenvalue weighted by Gasteiger charge is 2.07. The fourth-order valence-corrected chi connectivity index (χ4v) is 3.09. The first-order valence-corrected chi connectivity index (χ1v) is 10.7. The topological polar surface area (TPSA) is 9.23 Å². The summed E-state index contributed by atoms with van der Waals surface area (Å²) in [4.78, 5) is 0.